The van der Waals surface area contributed by atoms with Gasteiger partial charge in [0, 0.05) is 12.5 Å². The number of carbonyl (C=O) groups excluding carboxylic acids is 1. The van der Waals surface area contributed by atoms with E-state index < -0.39 is 0 Å². The summed E-state index contributed by atoms with van der Waals surface area (Å²) in [5.74, 6) is 1.96. The molecule has 0 aromatic rings. The minimum atomic E-state index is -0.287. The lowest BCUT2D eigenvalue weighted by atomic mass is 9.68. The van der Waals surface area contributed by atoms with E-state index in [0.717, 1.165) is 24.7 Å². The van der Waals surface area contributed by atoms with Gasteiger partial charge in [-0.25, -0.2) is 0 Å². The molecule has 118 valence electrons. The molecule has 4 atom stereocenters. The first-order valence-electron chi connectivity index (χ1n) is 8.50. The first-order valence-corrected chi connectivity index (χ1v) is 8.50. The number of nitrogens with two attached hydrogens (primary N) is 2. The van der Waals surface area contributed by atoms with E-state index in [-0.39, 0.29) is 11.9 Å². The zero-order chi connectivity index (χ0) is 15.2. The van der Waals surface area contributed by atoms with Gasteiger partial charge in [0.25, 0.3) is 0 Å². The second kappa shape index (κ2) is 7.79. The molecular formula is C18H30N2O. The van der Waals surface area contributed by atoms with Gasteiger partial charge < -0.3 is 11.5 Å². The number of allylic oxidation sites excluding steroid dienone is 4. The monoisotopic (exact) mass is 290 g/mol. The quantitative estimate of drug-likeness (QED) is 0.706. The fourth-order valence-electron chi connectivity index (χ4n) is 3.96. The predicted molar refractivity (Wildman–Crippen MR) is 87.5 cm³/mol. The molecule has 2 aliphatic carbocycles. The number of fused-ring (bicyclic) bond motifs is 1. The van der Waals surface area contributed by atoms with Crippen molar-refractivity contribution in [2.45, 2.75) is 64.3 Å². The van der Waals surface area contributed by atoms with Gasteiger partial charge in [0.05, 0.1) is 0 Å². The number of carbonyl (C=O) groups is 1. The van der Waals surface area contributed by atoms with Crippen LogP contribution in [0.15, 0.2) is 23.8 Å². The number of rotatable bonds is 7. The first-order chi connectivity index (χ1) is 10.1. The molecule has 0 aromatic heterocycles. The normalized spacial score (nSPS) is 29.6. The van der Waals surface area contributed by atoms with Crippen molar-refractivity contribution in [2.75, 3.05) is 0 Å². The maximum absolute atomic E-state index is 10.8. The number of hydrogen-bond donors (Lipinski definition) is 2. The smallest absolute Gasteiger partial charge is 0.218 e. The first kappa shape index (κ1) is 16.3. The van der Waals surface area contributed by atoms with Crippen LogP contribution < -0.4 is 11.5 Å². The fraction of sp³-hybridized carbons (Fsp3) is 0.722. The van der Waals surface area contributed by atoms with Gasteiger partial charge >= 0.3 is 0 Å². The van der Waals surface area contributed by atoms with Gasteiger partial charge in [0.1, 0.15) is 0 Å². The topological polar surface area (TPSA) is 69.1 Å². The highest BCUT2D eigenvalue weighted by atomic mass is 16.1. The third-order valence-electron chi connectivity index (χ3n) is 5.14. The largest absolute Gasteiger partial charge is 0.370 e. The lowest BCUT2D eigenvalue weighted by Gasteiger charge is -2.37. The van der Waals surface area contributed by atoms with E-state index in [1.165, 1.54) is 32.1 Å². The molecule has 2 aliphatic rings. The van der Waals surface area contributed by atoms with E-state index in [1.807, 2.05) is 0 Å². The third-order valence-corrected chi connectivity index (χ3v) is 5.14. The van der Waals surface area contributed by atoms with Gasteiger partial charge in [0.2, 0.25) is 5.91 Å². The van der Waals surface area contributed by atoms with Gasteiger partial charge in [-0.2, -0.15) is 0 Å². The molecule has 1 amide bonds. The lowest BCUT2D eigenvalue weighted by molar-refractivity contribution is -0.118. The maximum Gasteiger partial charge on any atom is 0.218 e. The standard InChI is InChI=1S/C18H30N2O/c1-13-10-11-14-6-2-4-9-17(14)16(13)8-5-3-7-15(19)12-18(20)21/h6,10-11,13,15-17H,2-5,7-9,12,19H2,1H3,(H2,20,21). The molecule has 0 saturated heterocycles. The Bertz CT molecular complexity index is 413. The molecule has 0 radical (unpaired) electrons. The van der Waals surface area contributed by atoms with Crippen LogP contribution in [-0.4, -0.2) is 11.9 Å². The Labute approximate surface area is 128 Å². The van der Waals surface area contributed by atoms with E-state index in [2.05, 4.69) is 25.2 Å². The Morgan fingerprint density at radius 3 is 3.00 bits per heavy atom. The Morgan fingerprint density at radius 1 is 1.43 bits per heavy atom. The number of unbranched alkanes of at least 4 members (excludes halogenated alkanes) is 1. The molecule has 0 fully saturated rings. The molecule has 3 heteroatoms. The van der Waals surface area contributed by atoms with Crippen molar-refractivity contribution in [1.29, 1.82) is 0 Å². The molecule has 3 nitrogen and oxygen atoms in total. The molecule has 0 heterocycles. The molecule has 4 N–H and O–H groups in total. The highest BCUT2D eigenvalue weighted by Gasteiger charge is 2.31. The molecule has 2 rings (SSSR count). The minimum Gasteiger partial charge on any atom is -0.370 e. The van der Waals surface area contributed by atoms with Crippen LogP contribution in [0.4, 0.5) is 0 Å². The van der Waals surface area contributed by atoms with Gasteiger partial charge in [-0.1, -0.05) is 38.0 Å². The van der Waals surface area contributed by atoms with E-state index in [1.54, 1.807) is 5.57 Å². The average molecular weight is 290 g/mol. The van der Waals surface area contributed by atoms with Crippen LogP contribution in [0, 0.1) is 17.8 Å². The summed E-state index contributed by atoms with van der Waals surface area (Å²) in [6, 6.07) is -0.0590. The van der Waals surface area contributed by atoms with Crippen molar-refractivity contribution >= 4 is 5.91 Å². The summed E-state index contributed by atoms with van der Waals surface area (Å²) in [6.45, 7) is 2.35. The van der Waals surface area contributed by atoms with Crippen molar-refractivity contribution in [1.82, 2.24) is 0 Å². The Morgan fingerprint density at radius 2 is 2.24 bits per heavy atom. The second-order valence-corrected chi connectivity index (χ2v) is 6.84. The molecular weight excluding hydrogens is 260 g/mol. The summed E-state index contributed by atoms with van der Waals surface area (Å²) in [4.78, 5) is 10.8. The Balaban J connectivity index is 1.77. The van der Waals surface area contributed by atoms with Gasteiger partial charge in [-0.15, -0.1) is 0 Å². The molecule has 4 unspecified atom stereocenters. The van der Waals surface area contributed by atoms with Crippen LogP contribution in [0.2, 0.25) is 0 Å². The number of hydrogen-bond acceptors (Lipinski definition) is 2. The van der Waals surface area contributed by atoms with Crippen LogP contribution in [-0.2, 0) is 4.79 Å². The zero-order valence-corrected chi connectivity index (χ0v) is 13.3. The molecule has 0 saturated carbocycles. The third kappa shape index (κ3) is 4.70. The van der Waals surface area contributed by atoms with Gasteiger partial charge in [-0.3, -0.25) is 4.79 Å². The van der Waals surface area contributed by atoms with E-state index in [4.69, 9.17) is 11.5 Å². The van der Waals surface area contributed by atoms with Crippen molar-refractivity contribution in [3.05, 3.63) is 23.8 Å². The SMILES string of the molecule is CC1C=CC2=CCCCC2C1CCCCC(N)CC(N)=O. The highest BCUT2D eigenvalue weighted by Crippen LogP contribution is 2.42. The van der Waals surface area contributed by atoms with Crippen molar-refractivity contribution in [3.63, 3.8) is 0 Å². The summed E-state index contributed by atoms with van der Waals surface area (Å²) in [7, 11) is 0. The summed E-state index contributed by atoms with van der Waals surface area (Å²) < 4.78 is 0. The summed E-state index contributed by atoms with van der Waals surface area (Å²) in [5, 5.41) is 0. The van der Waals surface area contributed by atoms with Gasteiger partial charge in [0.15, 0.2) is 0 Å². The van der Waals surface area contributed by atoms with Crippen LogP contribution in [0.1, 0.15) is 58.3 Å². The molecule has 0 aromatic carbocycles. The molecule has 0 aliphatic heterocycles. The van der Waals surface area contributed by atoms with Crippen LogP contribution in [0.5, 0.6) is 0 Å². The average Bonchev–Trinajstić information content (AvgIpc) is 2.44. The highest BCUT2D eigenvalue weighted by molar-refractivity contribution is 5.74. The van der Waals surface area contributed by atoms with Crippen molar-refractivity contribution < 1.29 is 4.79 Å². The maximum atomic E-state index is 10.8. The molecule has 21 heavy (non-hydrogen) atoms. The fourth-order valence-corrected chi connectivity index (χ4v) is 3.96. The Kier molecular flexibility index (Phi) is 6.04. The summed E-state index contributed by atoms with van der Waals surface area (Å²) >= 11 is 0. The van der Waals surface area contributed by atoms with E-state index in [0.29, 0.717) is 12.3 Å². The second-order valence-electron chi connectivity index (χ2n) is 6.84. The van der Waals surface area contributed by atoms with Crippen LogP contribution >= 0.6 is 0 Å². The number of amides is 1. The lowest BCUT2D eigenvalue weighted by Crippen LogP contribution is -2.28. The van der Waals surface area contributed by atoms with Gasteiger partial charge in [-0.05, 0) is 55.4 Å². The van der Waals surface area contributed by atoms with Crippen molar-refractivity contribution in [3.8, 4) is 0 Å². The minimum absolute atomic E-state index is 0.0590. The van der Waals surface area contributed by atoms with Crippen LogP contribution in [0.25, 0.3) is 0 Å². The van der Waals surface area contributed by atoms with E-state index in [9.17, 15) is 4.79 Å². The van der Waals surface area contributed by atoms with Crippen molar-refractivity contribution in [2.24, 2.45) is 29.2 Å². The predicted octanol–water partition coefficient (Wildman–Crippen LogP) is 3.30. The summed E-state index contributed by atoms with van der Waals surface area (Å²) in [6.07, 6.45) is 15.9. The van der Waals surface area contributed by atoms with E-state index >= 15 is 0 Å². The number of primary amides is 1. The molecule has 0 spiro atoms. The Hall–Kier alpha value is -1.09. The van der Waals surface area contributed by atoms with Crippen LogP contribution in [0.3, 0.4) is 0 Å². The molecule has 0 bridgehead atoms. The summed E-state index contributed by atoms with van der Waals surface area (Å²) in [5.41, 5.74) is 12.7. The zero-order valence-electron chi connectivity index (χ0n) is 13.3.